The van der Waals surface area contributed by atoms with Gasteiger partial charge in [0.15, 0.2) is 11.6 Å². The van der Waals surface area contributed by atoms with Crippen LogP contribution in [0.4, 0.5) is 11.6 Å². The number of nitrogens with two attached hydrogens (primary N) is 1. The van der Waals surface area contributed by atoms with E-state index in [0.29, 0.717) is 5.82 Å². The Kier molecular flexibility index (Phi) is 3.19. The van der Waals surface area contributed by atoms with Crippen molar-refractivity contribution in [2.24, 2.45) is 0 Å². The summed E-state index contributed by atoms with van der Waals surface area (Å²) in [6.07, 6.45) is 7.10. The van der Waals surface area contributed by atoms with Crippen molar-refractivity contribution in [3.8, 4) is 0 Å². The quantitative estimate of drug-likeness (QED) is 0.843. The van der Waals surface area contributed by atoms with Gasteiger partial charge in [-0.15, -0.1) is 0 Å². The Balaban J connectivity index is 2.11. The number of hydrogen-bond acceptors (Lipinski definition) is 5. The number of hydrogen-bond donors (Lipinski definition) is 1. The SMILES string of the molecule is CN(CC1(N(C)C)CCC1)c1nccnc1N. The zero-order valence-corrected chi connectivity index (χ0v) is 10.8. The molecular formula is C12H21N5. The van der Waals surface area contributed by atoms with E-state index in [1.54, 1.807) is 12.4 Å². The first-order valence-electron chi connectivity index (χ1n) is 6.00. The lowest BCUT2D eigenvalue weighted by Gasteiger charge is -2.49. The number of nitrogens with zero attached hydrogens (tertiary/aromatic N) is 4. The van der Waals surface area contributed by atoms with Crippen molar-refractivity contribution < 1.29 is 0 Å². The van der Waals surface area contributed by atoms with E-state index in [4.69, 9.17) is 5.73 Å². The molecule has 0 unspecified atom stereocenters. The molecule has 0 radical (unpaired) electrons. The highest BCUT2D eigenvalue weighted by Gasteiger charge is 2.40. The van der Waals surface area contributed by atoms with E-state index in [1.165, 1.54) is 19.3 Å². The van der Waals surface area contributed by atoms with Gasteiger partial charge in [0.1, 0.15) is 0 Å². The molecule has 1 heterocycles. The first-order chi connectivity index (χ1) is 8.05. The predicted molar refractivity (Wildman–Crippen MR) is 70.0 cm³/mol. The van der Waals surface area contributed by atoms with Crippen molar-refractivity contribution in [3.05, 3.63) is 12.4 Å². The molecule has 17 heavy (non-hydrogen) atoms. The second-order valence-corrected chi connectivity index (χ2v) is 5.09. The fourth-order valence-electron chi connectivity index (χ4n) is 2.48. The van der Waals surface area contributed by atoms with Gasteiger partial charge in [0.2, 0.25) is 0 Å². The van der Waals surface area contributed by atoms with Gasteiger partial charge in [-0.2, -0.15) is 0 Å². The van der Waals surface area contributed by atoms with Gasteiger partial charge in [0, 0.05) is 31.5 Å². The van der Waals surface area contributed by atoms with Gasteiger partial charge in [-0.3, -0.25) is 0 Å². The largest absolute Gasteiger partial charge is 0.381 e. The third-order valence-electron chi connectivity index (χ3n) is 3.83. The van der Waals surface area contributed by atoms with Gasteiger partial charge >= 0.3 is 0 Å². The number of likely N-dealkylation sites (N-methyl/N-ethyl adjacent to an activating group) is 2. The normalized spacial score (nSPS) is 17.9. The molecule has 5 nitrogen and oxygen atoms in total. The Morgan fingerprint density at radius 3 is 2.35 bits per heavy atom. The molecule has 0 amide bonds. The van der Waals surface area contributed by atoms with E-state index in [-0.39, 0.29) is 5.54 Å². The van der Waals surface area contributed by atoms with Crippen LogP contribution in [0.25, 0.3) is 0 Å². The van der Waals surface area contributed by atoms with Gasteiger partial charge < -0.3 is 15.5 Å². The zero-order valence-electron chi connectivity index (χ0n) is 10.8. The monoisotopic (exact) mass is 235 g/mol. The van der Waals surface area contributed by atoms with Crippen molar-refractivity contribution in [3.63, 3.8) is 0 Å². The second kappa shape index (κ2) is 4.49. The molecule has 1 aliphatic rings. The molecule has 0 aromatic carbocycles. The lowest BCUT2D eigenvalue weighted by molar-refractivity contribution is 0.0682. The second-order valence-electron chi connectivity index (χ2n) is 5.09. The van der Waals surface area contributed by atoms with Crippen LogP contribution in [0.1, 0.15) is 19.3 Å². The van der Waals surface area contributed by atoms with Crippen LogP contribution in [0.2, 0.25) is 0 Å². The van der Waals surface area contributed by atoms with Crippen LogP contribution in [0.5, 0.6) is 0 Å². The van der Waals surface area contributed by atoms with Crippen LogP contribution < -0.4 is 10.6 Å². The Morgan fingerprint density at radius 2 is 1.88 bits per heavy atom. The van der Waals surface area contributed by atoms with Crippen molar-refractivity contribution in [2.75, 3.05) is 38.3 Å². The zero-order chi connectivity index (χ0) is 12.5. The molecule has 2 N–H and O–H groups in total. The maximum Gasteiger partial charge on any atom is 0.171 e. The minimum Gasteiger partial charge on any atom is -0.381 e. The molecule has 0 atom stereocenters. The van der Waals surface area contributed by atoms with Crippen LogP contribution in [-0.2, 0) is 0 Å². The number of nitrogen functional groups attached to an aromatic ring is 1. The first kappa shape index (κ1) is 12.1. The molecule has 1 fully saturated rings. The highest BCUT2D eigenvalue weighted by atomic mass is 15.3. The van der Waals surface area contributed by atoms with Crippen LogP contribution in [0, 0.1) is 0 Å². The Labute approximate surface area is 103 Å². The lowest BCUT2D eigenvalue weighted by atomic mass is 9.75. The van der Waals surface area contributed by atoms with Crippen molar-refractivity contribution in [1.82, 2.24) is 14.9 Å². The van der Waals surface area contributed by atoms with Crippen LogP contribution in [-0.4, -0.2) is 48.1 Å². The van der Waals surface area contributed by atoms with Gasteiger partial charge in [0.05, 0.1) is 0 Å². The van der Waals surface area contributed by atoms with E-state index >= 15 is 0 Å². The Bertz CT molecular complexity index is 386. The van der Waals surface area contributed by atoms with Crippen LogP contribution >= 0.6 is 0 Å². The van der Waals surface area contributed by atoms with Gasteiger partial charge in [-0.1, -0.05) is 0 Å². The highest BCUT2D eigenvalue weighted by Crippen LogP contribution is 2.37. The summed E-state index contributed by atoms with van der Waals surface area (Å²) in [5, 5.41) is 0. The smallest absolute Gasteiger partial charge is 0.171 e. The highest BCUT2D eigenvalue weighted by molar-refractivity contribution is 5.56. The topological polar surface area (TPSA) is 58.3 Å². The molecule has 2 rings (SSSR count). The number of aromatic nitrogens is 2. The lowest BCUT2D eigenvalue weighted by Crippen LogP contribution is -2.57. The summed E-state index contributed by atoms with van der Waals surface area (Å²) in [4.78, 5) is 12.8. The molecule has 0 saturated heterocycles. The van der Waals surface area contributed by atoms with E-state index in [1.807, 2.05) is 7.05 Å². The number of anilines is 2. The maximum absolute atomic E-state index is 5.85. The molecule has 5 heteroatoms. The maximum atomic E-state index is 5.85. The van der Waals surface area contributed by atoms with Crippen molar-refractivity contribution in [1.29, 1.82) is 0 Å². The summed E-state index contributed by atoms with van der Waals surface area (Å²) in [5.74, 6) is 1.28. The van der Waals surface area contributed by atoms with E-state index in [9.17, 15) is 0 Å². The Hall–Kier alpha value is -1.36. The fourth-order valence-corrected chi connectivity index (χ4v) is 2.48. The molecule has 0 bridgehead atoms. The van der Waals surface area contributed by atoms with Gasteiger partial charge in [-0.25, -0.2) is 9.97 Å². The number of rotatable bonds is 4. The molecule has 1 aliphatic carbocycles. The third-order valence-corrected chi connectivity index (χ3v) is 3.83. The minimum absolute atomic E-state index is 0.276. The molecule has 1 aromatic heterocycles. The van der Waals surface area contributed by atoms with Crippen LogP contribution in [0.3, 0.4) is 0 Å². The average molecular weight is 235 g/mol. The molecule has 1 aromatic rings. The minimum atomic E-state index is 0.276. The average Bonchev–Trinajstić information content (AvgIpc) is 2.23. The predicted octanol–water partition coefficient (Wildman–Crippen LogP) is 0.979. The molecule has 1 saturated carbocycles. The first-order valence-corrected chi connectivity index (χ1v) is 6.00. The van der Waals surface area contributed by atoms with Gasteiger partial charge in [0.25, 0.3) is 0 Å². The standard InChI is InChI=1S/C12H21N5/c1-16(2)12(5-4-6-12)9-17(3)11-10(13)14-7-8-15-11/h7-8H,4-6,9H2,1-3H3,(H2,13,14). The fraction of sp³-hybridized carbons (Fsp3) is 0.667. The van der Waals surface area contributed by atoms with Crippen molar-refractivity contribution >= 4 is 11.6 Å². The van der Waals surface area contributed by atoms with Gasteiger partial charge in [-0.05, 0) is 33.4 Å². The summed E-state index contributed by atoms with van der Waals surface area (Å²) < 4.78 is 0. The summed E-state index contributed by atoms with van der Waals surface area (Å²) in [7, 11) is 6.32. The van der Waals surface area contributed by atoms with E-state index in [2.05, 4.69) is 33.9 Å². The summed E-state index contributed by atoms with van der Waals surface area (Å²) in [6.45, 7) is 0.947. The summed E-state index contributed by atoms with van der Waals surface area (Å²) >= 11 is 0. The van der Waals surface area contributed by atoms with E-state index in [0.717, 1.165) is 12.4 Å². The molecule has 0 aliphatic heterocycles. The van der Waals surface area contributed by atoms with Crippen LogP contribution in [0.15, 0.2) is 12.4 Å². The molecule has 0 spiro atoms. The molecule has 94 valence electrons. The van der Waals surface area contributed by atoms with Crippen molar-refractivity contribution in [2.45, 2.75) is 24.8 Å². The summed E-state index contributed by atoms with van der Waals surface area (Å²) in [6, 6.07) is 0. The Morgan fingerprint density at radius 1 is 1.24 bits per heavy atom. The molecular weight excluding hydrogens is 214 g/mol. The summed E-state index contributed by atoms with van der Waals surface area (Å²) in [5.41, 5.74) is 6.12. The van der Waals surface area contributed by atoms with E-state index < -0.39 is 0 Å². The third kappa shape index (κ3) is 2.20.